The third kappa shape index (κ3) is 4.03. The molecule has 2 aromatic heterocycles. The summed E-state index contributed by atoms with van der Waals surface area (Å²) < 4.78 is 33.4. The van der Waals surface area contributed by atoms with E-state index in [1.165, 1.54) is 17.4 Å². The molecule has 0 saturated carbocycles. The lowest BCUT2D eigenvalue weighted by Gasteiger charge is -2.10. The number of nitrogens with one attached hydrogen (secondary N) is 1. The van der Waals surface area contributed by atoms with E-state index in [1.807, 2.05) is 13.0 Å². The molecule has 8 nitrogen and oxygen atoms in total. The SMILES string of the molecule is Cc1cccc(NS(=O)(=O)c2cc(-c3noc(C(=O)N4CCCC4)n3)sc2C)c1. The molecular formula is C19H20N4O4S2. The van der Waals surface area contributed by atoms with Crippen molar-refractivity contribution in [1.82, 2.24) is 15.0 Å². The van der Waals surface area contributed by atoms with Crippen LogP contribution in [0.5, 0.6) is 0 Å². The summed E-state index contributed by atoms with van der Waals surface area (Å²) in [6.45, 7) is 4.97. The predicted molar refractivity (Wildman–Crippen MR) is 109 cm³/mol. The number of amides is 1. The molecule has 152 valence electrons. The first-order valence-electron chi connectivity index (χ1n) is 9.17. The Hall–Kier alpha value is -2.72. The molecule has 1 fully saturated rings. The van der Waals surface area contributed by atoms with Gasteiger partial charge in [0.2, 0.25) is 5.82 Å². The molecule has 1 aliphatic heterocycles. The van der Waals surface area contributed by atoms with E-state index < -0.39 is 10.0 Å². The van der Waals surface area contributed by atoms with Crippen LogP contribution in [0.2, 0.25) is 0 Å². The van der Waals surface area contributed by atoms with Crippen LogP contribution in [0.1, 0.15) is 34.0 Å². The fourth-order valence-electron chi connectivity index (χ4n) is 3.23. The monoisotopic (exact) mass is 432 g/mol. The molecular weight excluding hydrogens is 412 g/mol. The largest absolute Gasteiger partial charge is 0.334 e. The minimum atomic E-state index is -3.77. The number of thiophene rings is 1. The molecule has 1 aliphatic rings. The summed E-state index contributed by atoms with van der Waals surface area (Å²) in [7, 11) is -3.77. The number of sulfonamides is 1. The van der Waals surface area contributed by atoms with Gasteiger partial charge in [0.25, 0.3) is 10.0 Å². The van der Waals surface area contributed by atoms with Crippen molar-refractivity contribution >= 4 is 33.0 Å². The van der Waals surface area contributed by atoms with Crippen LogP contribution in [0.15, 0.2) is 39.8 Å². The van der Waals surface area contributed by atoms with Gasteiger partial charge in [0, 0.05) is 23.7 Å². The lowest BCUT2D eigenvalue weighted by Crippen LogP contribution is -2.27. The van der Waals surface area contributed by atoms with Crippen molar-refractivity contribution in [2.24, 2.45) is 0 Å². The Labute approximate surface area is 172 Å². The van der Waals surface area contributed by atoms with Gasteiger partial charge in [0.15, 0.2) is 0 Å². The number of rotatable bonds is 5. The highest BCUT2D eigenvalue weighted by Crippen LogP contribution is 2.33. The third-order valence-corrected chi connectivity index (χ3v) is 7.34. The summed E-state index contributed by atoms with van der Waals surface area (Å²) in [5.41, 5.74) is 1.45. The molecule has 1 aromatic carbocycles. The number of aryl methyl sites for hydroxylation is 2. The molecule has 1 amide bonds. The highest BCUT2D eigenvalue weighted by Gasteiger charge is 2.27. The maximum absolute atomic E-state index is 12.8. The summed E-state index contributed by atoms with van der Waals surface area (Å²) in [5.74, 6) is -0.156. The van der Waals surface area contributed by atoms with Crippen LogP contribution in [0.25, 0.3) is 10.7 Å². The normalized spacial score (nSPS) is 14.3. The molecule has 0 atom stereocenters. The van der Waals surface area contributed by atoms with Gasteiger partial charge in [-0.05, 0) is 50.5 Å². The van der Waals surface area contributed by atoms with E-state index in [1.54, 1.807) is 30.0 Å². The summed E-state index contributed by atoms with van der Waals surface area (Å²) in [6.07, 6.45) is 1.93. The van der Waals surface area contributed by atoms with E-state index in [-0.39, 0.29) is 22.5 Å². The van der Waals surface area contributed by atoms with Crippen LogP contribution in [-0.2, 0) is 10.0 Å². The Morgan fingerprint density at radius 2 is 1.97 bits per heavy atom. The molecule has 0 bridgehead atoms. The van der Waals surface area contributed by atoms with Crippen LogP contribution >= 0.6 is 11.3 Å². The van der Waals surface area contributed by atoms with Gasteiger partial charge in [-0.3, -0.25) is 9.52 Å². The number of aromatic nitrogens is 2. The molecule has 4 rings (SSSR count). The lowest BCUT2D eigenvalue weighted by atomic mass is 10.2. The topological polar surface area (TPSA) is 105 Å². The Kier molecular flexibility index (Phi) is 5.13. The summed E-state index contributed by atoms with van der Waals surface area (Å²) >= 11 is 1.24. The van der Waals surface area contributed by atoms with E-state index >= 15 is 0 Å². The Morgan fingerprint density at radius 1 is 1.21 bits per heavy atom. The molecule has 0 unspecified atom stereocenters. The zero-order valence-electron chi connectivity index (χ0n) is 16.0. The van der Waals surface area contributed by atoms with E-state index in [9.17, 15) is 13.2 Å². The first kappa shape index (κ1) is 19.6. The van der Waals surface area contributed by atoms with Crippen molar-refractivity contribution in [3.8, 4) is 10.7 Å². The number of carbonyl (C=O) groups is 1. The average Bonchev–Trinajstić information content (AvgIpc) is 3.41. The Balaban J connectivity index is 1.58. The van der Waals surface area contributed by atoms with Crippen molar-refractivity contribution in [1.29, 1.82) is 0 Å². The highest BCUT2D eigenvalue weighted by molar-refractivity contribution is 7.93. The standard InChI is InChI=1S/C19H20N4O4S2/c1-12-6-5-7-14(10-12)22-29(25,26)16-11-15(28-13(16)2)17-20-18(27-21-17)19(24)23-8-3-4-9-23/h5-7,10-11,22H,3-4,8-9H2,1-2H3. The molecule has 0 spiro atoms. The molecule has 0 aliphatic carbocycles. The molecule has 10 heteroatoms. The smallest absolute Gasteiger partial charge is 0.316 e. The van der Waals surface area contributed by atoms with Gasteiger partial charge in [0.1, 0.15) is 4.90 Å². The fourth-order valence-corrected chi connectivity index (χ4v) is 5.79. The van der Waals surface area contributed by atoms with Crippen LogP contribution < -0.4 is 4.72 Å². The van der Waals surface area contributed by atoms with Gasteiger partial charge in [-0.1, -0.05) is 17.3 Å². The van der Waals surface area contributed by atoms with Crippen LogP contribution in [0.3, 0.4) is 0 Å². The van der Waals surface area contributed by atoms with Crippen LogP contribution in [0, 0.1) is 13.8 Å². The molecule has 1 N–H and O–H groups in total. The second kappa shape index (κ2) is 7.60. The molecule has 3 heterocycles. The minimum Gasteiger partial charge on any atom is -0.334 e. The first-order valence-corrected chi connectivity index (χ1v) is 11.5. The maximum Gasteiger partial charge on any atom is 0.316 e. The predicted octanol–water partition coefficient (Wildman–Crippen LogP) is 3.45. The number of anilines is 1. The number of carbonyl (C=O) groups excluding carboxylic acids is 1. The van der Waals surface area contributed by atoms with E-state index in [0.29, 0.717) is 28.5 Å². The van der Waals surface area contributed by atoms with Crippen molar-refractivity contribution < 1.29 is 17.7 Å². The second-order valence-corrected chi connectivity index (χ2v) is 9.84. The Morgan fingerprint density at radius 3 is 2.69 bits per heavy atom. The quantitative estimate of drug-likeness (QED) is 0.662. The molecule has 0 radical (unpaired) electrons. The van der Waals surface area contributed by atoms with Gasteiger partial charge < -0.3 is 9.42 Å². The van der Waals surface area contributed by atoms with Gasteiger partial charge in [-0.25, -0.2) is 8.42 Å². The van der Waals surface area contributed by atoms with Crippen molar-refractivity contribution in [2.45, 2.75) is 31.6 Å². The molecule has 3 aromatic rings. The van der Waals surface area contributed by atoms with E-state index in [2.05, 4.69) is 14.9 Å². The lowest BCUT2D eigenvalue weighted by molar-refractivity contribution is 0.0743. The average molecular weight is 433 g/mol. The Bertz CT molecular complexity index is 1160. The van der Waals surface area contributed by atoms with E-state index in [0.717, 1.165) is 18.4 Å². The summed E-state index contributed by atoms with van der Waals surface area (Å²) in [5, 5.41) is 3.87. The van der Waals surface area contributed by atoms with Crippen molar-refractivity contribution in [3.05, 3.63) is 46.7 Å². The maximum atomic E-state index is 12.8. The zero-order chi connectivity index (χ0) is 20.6. The summed E-state index contributed by atoms with van der Waals surface area (Å²) in [6, 6.07) is 8.64. The van der Waals surface area contributed by atoms with Crippen molar-refractivity contribution in [3.63, 3.8) is 0 Å². The summed E-state index contributed by atoms with van der Waals surface area (Å²) in [4.78, 5) is 19.5. The molecule has 29 heavy (non-hydrogen) atoms. The van der Waals surface area contributed by atoms with Crippen LogP contribution in [-0.4, -0.2) is 42.5 Å². The van der Waals surface area contributed by atoms with Crippen LogP contribution in [0.4, 0.5) is 5.69 Å². The van der Waals surface area contributed by atoms with Gasteiger partial charge in [-0.2, -0.15) is 4.98 Å². The van der Waals surface area contributed by atoms with Gasteiger partial charge in [0.05, 0.1) is 4.88 Å². The van der Waals surface area contributed by atoms with Gasteiger partial charge in [-0.15, -0.1) is 11.3 Å². The highest BCUT2D eigenvalue weighted by atomic mass is 32.2. The zero-order valence-corrected chi connectivity index (χ0v) is 17.6. The molecule has 1 saturated heterocycles. The number of hydrogen-bond donors (Lipinski definition) is 1. The number of likely N-dealkylation sites (tertiary alicyclic amines) is 1. The second-order valence-electron chi connectivity index (χ2n) is 6.93. The number of hydrogen-bond acceptors (Lipinski definition) is 7. The van der Waals surface area contributed by atoms with Gasteiger partial charge >= 0.3 is 11.8 Å². The first-order chi connectivity index (χ1) is 13.8. The fraction of sp³-hybridized carbons (Fsp3) is 0.316. The minimum absolute atomic E-state index is 0.0738. The third-order valence-electron chi connectivity index (χ3n) is 4.65. The number of benzene rings is 1. The van der Waals surface area contributed by atoms with E-state index in [4.69, 9.17) is 4.52 Å². The van der Waals surface area contributed by atoms with Crippen molar-refractivity contribution in [2.75, 3.05) is 17.8 Å². The number of nitrogens with zero attached hydrogens (tertiary/aromatic N) is 3.